The van der Waals surface area contributed by atoms with E-state index >= 15 is 0 Å². The molecule has 4 atom stereocenters. The minimum Gasteiger partial charge on any atom is -0.487 e. The van der Waals surface area contributed by atoms with Crippen LogP contribution in [0.1, 0.15) is 78.5 Å². The summed E-state index contributed by atoms with van der Waals surface area (Å²) in [5.41, 5.74) is 7.21. The zero-order valence-corrected chi connectivity index (χ0v) is 37.6. The van der Waals surface area contributed by atoms with Gasteiger partial charge in [-0.3, -0.25) is 9.58 Å². The topological polar surface area (TPSA) is 80.1 Å². The largest absolute Gasteiger partial charge is 0.487 e. The fourth-order valence-electron chi connectivity index (χ4n) is 11.8. The van der Waals surface area contributed by atoms with Crippen LogP contribution in [0.2, 0.25) is 0 Å². The predicted molar refractivity (Wildman–Crippen MR) is 252 cm³/mol. The third-order valence-corrected chi connectivity index (χ3v) is 14.5. The van der Waals surface area contributed by atoms with E-state index in [1.165, 1.54) is 44.1 Å². The van der Waals surface area contributed by atoms with Crippen LogP contribution in [0.25, 0.3) is 0 Å². The van der Waals surface area contributed by atoms with Crippen LogP contribution in [0.3, 0.4) is 0 Å². The summed E-state index contributed by atoms with van der Waals surface area (Å²) >= 11 is 0. The van der Waals surface area contributed by atoms with E-state index in [1.807, 2.05) is 35.1 Å². The molecule has 9 heteroatoms. The van der Waals surface area contributed by atoms with Gasteiger partial charge in [-0.2, -0.15) is 0 Å². The minimum absolute atomic E-state index is 0.103. The predicted octanol–water partition coefficient (Wildman–Crippen LogP) is 10.4. The van der Waals surface area contributed by atoms with E-state index < -0.39 is 0 Å². The molecule has 338 valence electrons. The Hall–Kier alpha value is -5.16. The van der Waals surface area contributed by atoms with E-state index in [9.17, 15) is 0 Å². The van der Waals surface area contributed by atoms with Gasteiger partial charge < -0.3 is 23.7 Å². The molecule has 6 aromatic rings. The molecule has 65 heavy (non-hydrogen) atoms. The van der Waals surface area contributed by atoms with Gasteiger partial charge in [0.1, 0.15) is 30.3 Å². The summed E-state index contributed by atoms with van der Waals surface area (Å²) in [5.74, 6) is 3.69. The number of nitrogens with zero attached hydrogens (tertiary/aromatic N) is 4. The lowest BCUT2D eigenvalue weighted by molar-refractivity contribution is -0.210. The van der Waals surface area contributed by atoms with E-state index in [0.29, 0.717) is 58.1 Å². The highest BCUT2D eigenvalue weighted by atomic mass is 16.6. The molecule has 5 aromatic carbocycles. The van der Waals surface area contributed by atoms with Crippen LogP contribution >= 0.6 is 0 Å². The molecule has 0 radical (unpaired) electrons. The molecule has 5 aliphatic rings. The van der Waals surface area contributed by atoms with Crippen molar-refractivity contribution in [2.75, 3.05) is 19.7 Å². The summed E-state index contributed by atoms with van der Waals surface area (Å²) in [4.78, 5) is 2.49. The van der Waals surface area contributed by atoms with Crippen molar-refractivity contribution in [3.8, 4) is 5.75 Å². The van der Waals surface area contributed by atoms with Gasteiger partial charge in [0.15, 0.2) is 0 Å². The molecule has 1 aromatic heterocycles. The molecule has 1 saturated heterocycles. The lowest BCUT2D eigenvalue weighted by Gasteiger charge is -2.57. The van der Waals surface area contributed by atoms with Crippen LogP contribution < -0.4 is 4.74 Å². The Bertz CT molecular complexity index is 2310. The Morgan fingerprint density at radius 3 is 1.63 bits per heavy atom. The first-order valence-corrected chi connectivity index (χ1v) is 24.1. The van der Waals surface area contributed by atoms with Crippen molar-refractivity contribution in [2.45, 2.75) is 114 Å². The summed E-state index contributed by atoms with van der Waals surface area (Å²) in [5, 5.41) is 9.04. The Kier molecular flexibility index (Phi) is 14.1. The van der Waals surface area contributed by atoms with Crippen LogP contribution in [-0.4, -0.2) is 63.9 Å². The number of ether oxygens (including phenoxy) is 5. The molecule has 11 rings (SSSR count). The molecule has 4 saturated carbocycles. The first-order chi connectivity index (χ1) is 32.1. The highest BCUT2D eigenvalue weighted by molar-refractivity contribution is 5.35. The number of likely N-dealkylation sites (tertiary alicyclic amines) is 1. The second-order valence-corrected chi connectivity index (χ2v) is 19.3. The van der Waals surface area contributed by atoms with Crippen LogP contribution in [0, 0.1) is 17.8 Å². The fraction of sp³-hybridized carbons (Fsp3) is 0.429. The van der Waals surface area contributed by atoms with Crippen molar-refractivity contribution in [3.63, 3.8) is 0 Å². The number of benzene rings is 5. The van der Waals surface area contributed by atoms with E-state index in [1.54, 1.807) is 0 Å². The van der Waals surface area contributed by atoms with Gasteiger partial charge in [0.05, 0.1) is 51.4 Å². The highest BCUT2D eigenvalue weighted by Crippen LogP contribution is 2.60. The average Bonchev–Trinajstić information content (AvgIpc) is 3.80. The number of rotatable bonds is 21. The Morgan fingerprint density at radius 1 is 0.538 bits per heavy atom. The smallest absolute Gasteiger partial charge is 0.134 e. The van der Waals surface area contributed by atoms with Crippen molar-refractivity contribution < 1.29 is 23.7 Å². The van der Waals surface area contributed by atoms with Crippen LogP contribution in [-0.2, 0) is 63.9 Å². The zero-order valence-electron chi connectivity index (χ0n) is 37.6. The second-order valence-electron chi connectivity index (χ2n) is 19.3. The minimum atomic E-state index is -0.351. The molecule has 4 aliphatic carbocycles. The van der Waals surface area contributed by atoms with Gasteiger partial charge in [-0.15, -0.1) is 5.10 Å². The number of hydrogen-bond acceptors (Lipinski definition) is 8. The van der Waals surface area contributed by atoms with Crippen LogP contribution in [0.4, 0.5) is 0 Å². The zero-order chi connectivity index (χ0) is 43.7. The standard InChI is InChI=1S/C56H64N4O5/c1-5-14-42(15-6-1)36-61-41-52-54(64-38-44-18-9-3-10-19-44)55(65-39-45-20-11-4-12-21-45)53(63-37-43-16-7-2-8-17-43)35-59(52)26-13-27-60-34-50(57-58-60)40-62-51-24-22-49(23-25-51)56-31-46-28-47(32-56)30-48(29-46)33-56/h1-12,14-25,34,46-48,52-55H,13,26-33,35-41H2/t46?,47?,48?,52-,53+,54-,55-,56?/m1/s1. The quantitative estimate of drug-likeness (QED) is 0.0708. The third-order valence-electron chi connectivity index (χ3n) is 14.5. The molecule has 0 unspecified atom stereocenters. The molecule has 2 heterocycles. The van der Waals surface area contributed by atoms with Crippen LogP contribution in [0.5, 0.6) is 5.75 Å². The molecular weight excluding hydrogens is 809 g/mol. The summed E-state index contributed by atoms with van der Waals surface area (Å²) in [6, 6.07) is 50.4. The molecule has 9 nitrogen and oxygen atoms in total. The first-order valence-electron chi connectivity index (χ1n) is 24.1. The summed E-state index contributed by atoms with van der Waals surface area (Å²) < 4.78 is 35.6. The first kappa shape index (κ1) is 43.7. The van der Waals surface area contributed by atoms with Crippen molar-refractivity contribution >= 4 is 0 Å². The van der Waals surface area contributed by atoms with E-state index in [4.69, 9.17) is 23.7 Å². The van der Waals surface area contributed by atoms with Crippen molar-refractivity contribution in [2.24, 2.45) is 17.8 Å². The van der Waals surface area contributed by atoms with Gasteiger partial charge in [-0.1, -0.05) is 139 Å². The SMILES string of the molecule is c1ccc(COC[C@@H]2[C@@H](OCc3ccccc3)[C@H](OCc3ccccc3)[C@@H](OCc3ccccc3)CN2CCCn2cc(COc3ccc(C45CC6CC(CC(C6)C4)C5)cc3)nn2)cc1. The molecule has 0 amide bonds. The Balaban J connectivity index is 0.828. The van der Waals surface area contributed by atoms with E-state index in [0.717, 1.165) is 64.4 Å². The lowest BCUT2D eigenvalue weighted by Crippen LogP contribution is -2.64. The molecule has 0 N–H and O–H groups in total. The van der Waals surface area contributed by atoms with Gasteiger partial charge >= 0.3 is 0 Å². The number of aromatic nitrogens is 3. The van der Waals surface area contributed by atoms with Crippen molar-refractivity contribution in [1.29, 1.82) is 0 Å². The molecular formula is C56H64N4O5. The molecule has 1 aliphatic heterocycles. The summed E-state index contributed by atoms with van der Waals surface area (Å²) in [6.07, 6.45) is 10.4. The third kappa shape index (κ3) is 11.1. The number of piperidine rings is 1. The lowest BCUT2D eigenvalue weighted by atomic mass is 9.48. The maximum Gasteiger partial charge on any atom is 0.134 e. The van der Waals surface area contributed by atoms with Gasteiger partial charge in [-0.05, 0) is 108 Å². The fourth-order valence-corrected chi connectivity index (χ4v) is 11.8. The maximum atomic E-state index is 7.02. The van der Waals surface area contributed by atoms with E-state index in [2.05, 4.69) is 137 Å². The summed E-state index contributed by atoms with van der Waals surface area (Å²) in [6.45, 7) is 4.88. The number of aryl methyl sites for hydroxylation is 1. The summed E-state index contributed by atoms with van der Waals surface area (Å²) in [7, 11) is 0. The van der Waals surface area contributed by atoms with Gasteiger partial charge in [0, 0.05) is 19.6 Å². The van der Waals surface area contributed by atoms with Gasteiger partial charge in [0.2, 0.25) is 0 Å². The van der Waals surface area contributed by atoms with E-state index in [-0.39, 0.29) is 24.4 Å². The normalized spacial score (nSPS) is 26.1. The average molecular weight is 873 g/mol. The highest BCUT2D eigenvalue weighted by Gasteiger charge is 2.51. The Labute approximate surface area is 385 Å². The van der Waals surface area contributed by atoms with Gasteiger partial charge in [0.25, 0.3) is 0 Å². The van der Waals surface area contributed by atoms with Crippen molar-refractivity contribution in [3.05, 3.63) is 185 Å². The second kappa shape index (κ2) is 21.0. The van der Waals surface area contributed by atoms with Gasteiger partial charge in [-0.25, -0.2) is 0 Å². The van der Waals surface area contributed by atoms with Crippen LogP contribution in [0.15, 0.2) is 152 Å². The molecule has 4 bridgehead atoms. The molecule has 0 spiro atoms. The monoisotopic (exact) mass is 872 g/mol. The maximum absolute atomic E-state index is 7.02. The molecule has 5 fully saturated rings. The van der Waals surface area contributed by atoms with Crippen molar-refractivity contribution in [1.82, 2.24) is 19.9 Å². The Morgan fingerprint density at radius 2 is 1.06 bits per heavy atom. The number of hydrogen-bond donors (Lipinski definition) is 0.